The number of thioether (sulfide) groups is 1. The monoisotopic (exact) mass is 561 g/mol. The predicted molar refractivity (Wildman–Crippen MR) is 146 cm³/mol. The second-order valence-electron chi connectivity index (χ2n) is 9.73. The molecule has 1 fully saturated rings. The van der Waals surface area contributed by atoms with Crippen LogP contribution in [-0.2, 0) is 16.0 Å². The molecule has 1 aliphatic heterocycles. The number of ether oxygens (including phenoxy) is 4. The number of hydrogen-bond acceptors (Lipinski definition) is 10. The molecule has 11 heteroatoms. The minimum atomic E-state index is -1.51. The van der Waals surface area contributed by atoms with Gasteiger partial charge in [0.2, 0.25) is 17.9 Å². The molecule has 2 aliphatic rings. The van der Waals surface area contributed by atoms with Crippen LogP contribution in [0.3, 0.4) is 0 Å². The summed E-state index contributed by atoms with van der Waals surface area (Å²) in [5.41, 5.74) is 3.04. The van der Waals surface area contributed by atoms with E-state index in [-0.39, 0.29) is 28.8 Å². The topological polar surface area (TPSA) is 144 Å². The minimum Gasteiger partial charge on any atom is -0.492 e. The predicted octanol–water partition coefficient (Wildman–Crippen LogP) is 1.83. The first kappa shape index (κ1) is 29.2. The van der Waals surface area contributed by atoms with Gasteiger partial charge >= 0.3 is 0 Å². The van der Waals surface area contributed by atoms with Gasteiger partial charge in [-0.3, -0.25) is 9.59 Å². The van der Waals surface area contributed by atoms with Crippen LogP contribution in [0.15, 0.2) is 34.0 Å². The van der Waals surface area contributed by atoms with Gasteiger partial charge in [-0.1, -0.05) is 6.07 Å². The molecule has 0 radical (unpaired) electrons. The Morgan fingerprint density at radius 3 is 2.46 bits per heavy atom. The van der Waals surface area contributed by atoms with Crippen molar-refractivity contribution in [3.8, 4) is 28.4 Å². The van der Waals surface area contributed by atoms with E-state index in [1.165, 1.54) is 32.9 Å². The zero-order valence-electron chi connectivity index (χ0n) is 22.6. The number of rotatable bonds is 7. The van der Waals surface area contributed by atoms with E-state index in [2.05, 4.69) is 5.32 Å². The van der Waals surface area contributed by atoms with Crippen molar-refractivity contribution >= 4 is 17.7 Å². The van der Waals surface area contributed by atoms with Gasteiger partial charge in [0.05, 0.1) is 25.2 Å². The van der Waals surface area contributed by atoms with Gasteiger partial charge in [-0.05, 0) is 60.9 Å². The molecule has 0 aromatic heterocycles. The van der Waals surface area contributed by atoms with E-state index in [1.54, 1.807) is 25.1 Å². The third-order valence-corrected chi connectivity index (χ3v) is 8.05. The van der Waals surface area contributed by atoms with Gasteiger partial charge in [-0.15, -0.1) is 11.8 Å². The summed E-state index contributed by atoms with van der Waals surface area (Å²) < 4.78 is 23.3. The average Bonchev–Trinajstić information content (AvgIpc) is 3.16. The molecule has 2 aromatic carbocycles. The lowest BCUT2D eigenvalue weighted by atomic mass is 9.92. The van der Waals surface area contributed by atoms with Gasteiger partial charge in [-0.2, -0.15) is 0 Å². The van der Waals surface area contributed by atoms with Crippen LogP contribution in [0.25, 0.3) is 11.1 Å². The first-order valence-electron chi connectivity index (χ1n) is 12.7. The number of hydrogen-bond donors (Lipinski definition) is 4. The summed E-state index contributed by atoms with van der Waals surface area (Å²) in [6, 6.07) is 7.09. The van der Waals surface area contributed by atoms with E-state index >= 15 is 0 Å². The fourth-order valence-electron chi connectivity index (χ4n) is 5.20. The Labute approximate surface area is 231 Å². The fraction of sp³-hybridized carbons (Fsp3) is 0.500. The normalized spacial score (nSPS) is 26.1. The van der Waals surface area contributed by atoms with Crippen LogP contribution in [0, 0.1) is 0 Å². The van der Waals surface area contributed by atoms with Gasteiger partial charge in [0.1, 0.15) is 18.3 Å². The van der Waals surface area contributed by atoms with Crippen LogP contribution < -0.4 is 25.0 Å². The molecular formula is C28H35NO9S. The molecule has 2 aromatic rings. The quantitative estimate of drug-likeness (QED) is 0.370. The highest BCUT2D eigenvalue weighted by Crippen LogP contribution is 2.51. The number of aliphatic hydroxyl groups excluding tert-OH is 3. The molecule has 1 aliphatic carbocycles. The van der Waals surface area contributed by atoms with Crippen molar-refractivity contribution in [1.82, 2.24) is 5.32 Å². The summed E-state index contributed by atoms with van der Waals surface area (Å²) in [7, 11) is 2.96. The molecule has 0 bridgehead atoms. The smallest absolute Gasteiger partial charge is 0.229 e. The Kier molecular flexibility index (Phi) is 9.07. The largest absolute Gasteiger partial charge is 0.492 e. The molecule has 1 heterocycles. The van der Waals surface area contributed by atoms with Crippen molar-refractivity contribution in [3.63, 3.8) is 0 Å². The standard InChI is InChI=1S/C28H35NO9S/c1-13-23(32)24(33)25(34)28(37-13)38-20-10-15-6-7-16(12-29-14(2)30)18-11-19(31)21(39-5)9-8-17(18)22(15)27(36-4)26(20)35-3/h8-11,13,16,23-25,28,32-34H,6-7,12H2,1-5H3,(H,29,30)/t13-,16+,23-,24+,25+,28+/m0/s1. The lowest BCUT2D eigenvalue weighted by Gasteiger charge is -2.39. The summed E-state index contributed by atoms with van der Waals surface area (Å²) in [6.45, 7) is 3.39. The number of aliphatic hydroxyl groups is 3. The van der Waals surface area contributed by atoms with Gasteiger partial charge in [0.15, 0.2) is 16.9 Å². The van der Waals surface area contributed by atoms with Crippen molar-refractivity contribution in [2.24, 2.45) is 0 Å². The number of methoxy groups -OCH3 is 2. The molecule has 39 heavy (non-hydrogen) atoms. The highest BCUT2D eigenvalue weighted by Gasteiger charge is 2.43. The van der Waals surface area contributed by atoms with Crippen molar-refractivity contribution < 1.29 is 39.1 Å². The van der Waals surface area contributed by atoms with Crippen LogP contribution in [0.1, 0.15) is 37.3 Å². The average molecular weight is 562 g/mol. The summed E-state index contributed by atoms with van der Waals surface area (Å²) in [5.74, 6) is 0.532. The lowest BCUT2D eigenvalue weighted by Crippen LogP contribution is -2.58. The number of benzene rings is 1. The molecule has 6 atom stereocenters. The van der Waals surface area contributed by atoms with Gasteiger partial charge in [0, 0.05) is 24.9 Å². The van der Waals surface area contributed by atoms with Crippen molar-refractivity contribution in [2.45, 2.75) is 68.2 Å². The van der Waals surface area contributed by atoms with E-state index < -0.39 is 30.7 Å². The Morgan fingerprint density at radius 2 is 1.82 bits per heavy atom. The first-order chi connectivity index (χ1) is 18.6. The zero-order valence-corrected chi connectivity index (χ0v) is 23.4. The van der Waals surface area contributed by atoms with E-state index in [0.29, 0.717) is 30.0 Å². The highest BCUT2D eigenvalue weighted by molar-refractivity contribution is 7.98. The summed E-state index contributed by atoms with van der Waals surface area (Å²) in [5, 5.41) is 33.7. The van der Waals surface area contributed by atoms with E-state index in [1.807, 2.05) is 12.3 Å². The van der Waals surface area contributed by atoms with Crippen LogP contribution in [-0.4, -0.2) is 79.0 Å². The second kappa shape index (κ2) is 12.1. The van der Waals surface area contributed by atoms with Crippen LogP contribution in [0.5, 0.6) is 17.2 Å². The van der Waals surface area contributed by atoms with E-state index in [0.717, 1.165) is 22.3 Å². The molecule has 0 unspecified atom stereocenters. The first-order valence-corrected chi connectivity index (χ1v) is 13.9. The van der Waals surface area contributed by atoms with Crippen LogP contribution in [0.4, 0.5) is 0 Å². The number of aryl methyl sites for hydroxylation is 1. The fourth-order valence-corrected chi connectivity index (χ4v) is 5.66. The summed E-state index contributed by atoms with van der Waals surface area (Å²) in [6.07, 6.45) is -3.26. The molecule has 4 N–H and O–H groups in total. The molecule has 4 rings (SSSR count). The SMILES string of the molecule is COc1c(O[C@H]2O[C@@H](C)[C@H](O)[C@@H](O)[C@H]2O)cc2c(c1OC)-c1ccc(SC)c(=O)cc1[C@@H](CNC(C)=O)CC2. The van der Waals surface area contributed by atoms with Crippen molar-refractivity contribution in [1.29, 1.82) is 0 Å². The summed E-state index contributed by atoms with van der Waals surface area (Å²) >= 11 is 1.36. The Hall–Kier alpha value is -2.83. The van der Waals surface area contributed by atoms with E-state index in [9.17, 15) is 24.9 Å². The number of nitrogens with one attached hydrogen (secondary N) is 1. The number of amides is 1. The van der Waals surface area contributed by atoms with Gasteiger partial charge < -0.3 is 39.6 Å². The number of carbonyl (C=O) groups excluding carboxylic acids is 1. The van der Waals surface area contributed by atoms with Gasteiger partial charge in [-0.25, -0.2) is 0 Å². The maximum absolute atomic E-state index is 13.0. The maximum Gasteiger partial charge on any atom is 0.229 e. The van der Waals surface area contributed by atoms with Crippen molar-refractivity contribution in [2.75, 3.05) is 27.0 Å². The Bertz CT molecular complexity index is 1290. The third-order valence-electron chi connectivity index (χ3n) is 7.27. The number of fused-ring (bicyclic) bond motifs is 3. The van der Waals surface area contributed by atoms with Crippen LogP contribution in [0.2, 0.25) is 0 Å². The van der Waals surface area contributed by atoms with Crippen molar-refractivity contribution in [3.05, 3.63) is 45.6 Å². The second-order valence-corrected chi connectivity index (χ2v) is 10.6. The Balaban J connectivity index is 1.88. The molecule has 212 valence electrons. The third kappa shape index (κ3) is 5.73. The van der Waals surface area contributed by atoms with Gasteiger partial charge in [0.25, 0.3) is 0 Å². The zero-order chi connectivity index (χ0) is 28.4. The molecule has 1 amide bonds. The summed E-state index contributed by atoms with van der Waals surface area (Å²) in [4.78, 5) is 25.4. The van der Waals surface area contributed by atoms with E-state index in [4.69, 9.17) is 18.9 Å². The Morgan fingerprint density at radius 1 is 1.10 bits per heavy atom. The maximum atomic E-state index is 13.0. The molecular weight excluding hydrogens is 526 g/mol. The minimum absolute atomic E-state index is 0.107. The molecule has 1 saturated heterocycles. The molecule has 0 saturated carbocycles. The molecule has 10 nitrogen and oxygen atoms in total. The lowest BCUT2D eigenvalue weighted by molar-refractivity contribution is -0.268. The van der Waals surface area contributed by atoms with Crippen LogP contribution >= 0.6 is 11.8 Å². The highest BCUT2D eigenvalue weighted by atomic mass is 32.2. The number of carbonyl (C=O) groups is 1. The molecule has 0 spiro atoms.